The zero-order valence-corrected chi connectivity index (χ0v) is 10.9. The van der Waals surface area contributed by atoms with Gasteiger partial charge in [-0.15, -0.1) is 0 Å². The fourth-order valence-corrected chi connectivity index (χ4v) is 2.30. The molecule has 0 aromatic heterocycles. The molecular weight excluding hydrogens is 276 g/mol. The molecule has 0 amide bonds. The second-order valence-corrected chi connectivity index (χ2v) is 5.35. The van der Waals surface area contributed by atoms with Crippen molar-refractivity contribution in [2.45, 2.75) is 20.8 Å². The van der Waals surface area contributed by atoms with Crippen molar-refractivity contribution in [1.82, 2.24) is 0 Å². The molecule has 5 heteroatoms. The minimum absolute atomic E-state index is 0. The Balaban J connectivity index is 0.00000162. The number of carbonyl (C=O) groups is 1. The van der Waals surface area contributed by atoms with Gasteiger partial charge in [-0.2, -0.15) is 0 Å². The lowest BCUT2D eigenvalue weighted by atomic mass is 9.92. The first kappa shape index (κ1) is 15.3. The van der Waals surface area contributed by atoms with E-state index in [2.05, 4.69) is 0 Å². The van der Waals surface area contributed by atoms with Gasteiger partial charge in [0.15, 0.2) is 0 Å². The van der Waals surface area contributed by atoms with E-state index in [-0.39, 0.29) is 17.7 Å². The highest BCUT2D eigenvalue weighted by molar-refractivity contribution is 6.64. The van der Waals surface area contributed by atoms with Crippen LogP contribution in [0.15, 0.2) is 18.2 Å². The van der Waals surface area contributed by atoms with Gasteiger partial charge in [0.05, 0.1) is 10.4 Å². The van der Waals surface area contributed by atoms with Crippen LogP contribution in [0, 0.1) is 11.2 Å². The van der Waals surface area contributed by atoms with Crippen LogP contribution in [-0.4, -0.2) is 18.3 Å². The molecule has 0 N–H and O–H groups in total. The monoisotopic (exact) mass is 291 g/mol. The molecule has 0 aliphatic carbocycles. The van der Waals surface area contributed by atoms with Crippen LogP contribution in [-0.2, 0) is 4.79 Å². The number of hydrogen-bond acceptors (Lipinski definition) is 2. The molecule has 1 aromatic carbocycles. The van der Waals surface area contributed by atoms with Gasteiger partial charge in [-0.3, -0.25) is 4.79 Å². The Kier molecular flexibility index (Phi) is 4.62. The van der Waals surface area contributed by atoms with Crippen molar-refractivity contribution >= 4 is 34.1 Å². The Labute approximate surface area is 117 Å². The standard InChI is InChI=1S/C12H12Cl2FNO.CH4/c1-12(11(14)17)4-5-16(7-12)8-2-3-9(13)10(15)6-8;/h2-3,6H,4-5,7H2,1H3;1H4/t12-;/m1./s1. The smallest absolute Gasteiger partial charge is 0.229 e. The SMILES string of the molecule is C.C[C@@]1(C(=O)Cl)CCN(c2ccc(Cl)c(F)c2)C1. The van der Waals surface area contributed by atoms with Gasteiger partial charge in [0.1, 0.15) is 5.82 Å². The number of nitrogens with zero attached hydrogens (tertiary/aromatic N) is 1. The molecule has 1 aromatic rings. The quantitative estimate of drug-likeness (QED) is 0.765. The van der Waals surface area contributed by atoms with Crippen LogP contribution < -0.4 is 4.90 Å². The molecule has 1 saturated heterocycles. The molecule has 0 spiro atoms. The molecule has 0 bridgehead atoms. The molecule has 2 nitrogen and oxygen atoms in total. The van der Waals surface area contributed by atoms with Gasteiger partial charge in [-0.05, 0) is 43.1 Å². The number of rotatable bonds is 2. The minimum Gasteiger partial charge on any atom is -0.370 e. The lowest BCUT2D eigenvalue weighted by Gasteiger charge is -2.22. The highest BCUT2D eigenvalue weighted by Gasteiger charge is 2.39. The topological polar surface area (TPSA) is 20.3 Å². The molecular formula is C13H16Cl2FNO. The molecule has 0 unspecified atom stereocenters. The van der Waals surface area contributed by atoms with Gasteiger partial charge in [0.2, 0.25) is 5.24 Å². The van der Waals surface area contributed by atoms with Crippen molar-refractivity contribution in [3.63, 3.8) is 0 Å². The summed E-state index contributed by atoms with van der Waals surface area (Å²) in [5.74, 6) is -0.449. The lowest BCUT2D eigenvalue weighted by Crippen LogP contribution is -2.29. The Morgan fingerprint density at radius 2 is 2.17 bits per heavy atom. The van der Waals surface area contributed by atoms with Crippen LogP contribution >= 0.6 is 23.2 Å². The fourth-order valence-electron chi connectivity index (χ4n) is 2.02. The molecule has 2 rings (SSSR count). The lowest BCUT2D eigenvalue weighted by molar-refractivity contribution is -0.118. The molecule has 1 aliphatic rings. The van der Waals surface area contributed by atoms with Gasteiger partial charge in [-0.1, -0.05) is 19.0 Å². The minimum atomic E-state index is -0.544. The average Bonchev–Trinajstić information content (AvgIpc) is 2.67. The summed E-state index contributed by atoms with van der Waals surface area (Å²) in [4.78, 5) is 13.3. The van der Waals surface area contributed by atoms with Gasteiger partial charge in [0, 0.05) is 18.8 Å². The van der Waals surface area contributed by atoms with E-state index in [1.807, 2.05) is 11.8 Å². The highest BCUT2D eigenvalue weighted by Crippen LogP contribution is 2.35. The van der Waals surface area contributed by atoms with Crippen LogP contribution in [0.2, 0.25) is 5.02 Å². The molecule has 100 valence electrons. The maximum atomic E-state index is 13.3. The molecule has 1 fully saturated rings. The summed E-state index contributed by atoms with van der Waals surface area (Å²) in [7, 11) is 0. The van der Waals surface area contributed by atoms with E-state index >= 15 is 0 Å². The first-order valence-corrected chi connectivity index (χ1v) is 6.08. The summed E-state index contributed by atoms with van der Waals surface area (Å²) in [5, 5.41) is -0.237. The largest absolute Gasteiger partial charge is 0.370 e. The van der Waals surface area contributed by atoms with E-state index in [1.165, 1.54) is 12.1 Å². The molecule has 1 heterocycles. The number of halogens is 3. The van der Waals surface area contributed by atoms with E-state index in [4.69, 9.17) is 23.2 Å². The van der Waals surface area contributed by atoms with Crippen molar-refractivity contribution in [3.8, 4) is 0 Å². The zero-order chi connectivity index (χ0) is 12.6. The van der Waals surface area contributed by atoms with E-state index in [0.717, 1.165) is 5.69 Å². The van der Waals surface area contributed by atoms with Crippen molar-refractivity contribution in [2.24, 2.45) is 5.41 Å². The summed E-state index contributed by atoms with van der Waals surface area (Å²) in [6, 6.07) is 4.65. The molecule has 1 aliphatic heterocycles. The van der Waals surface area contributed by atoms with Crippen LogP contribution in [0.25, 0.3) is 0 Å². The normalized spacial score (nSPS) is 22.8. The van der Waals surface area contributed by atoms with E-state index in [1.54, 1.807) is 6.07 Å². The molecule has 18 heavy (non-hydrogen) atoms. The summed E-state index contributed by atoms with van der Waals surface area (Å²) >= 11 is 11.2. The zero-order valence-electron chi connectivity index (χ0n) is 9.34. The summed E-state index contributed by atoms with van der Waals surface area (Å²) in [6.45, 7) is 3.03. The van der Waals surface area contributed by atoms with E-state index in [0.29, 0.717) is 19.5 Å². The number of anilines is 1. The van der Waals surface area contributed by atoms with Crippen LogP contribution in [0.3, 0.4) is 0 Å². The van der Waals surface area contributed by atoms with Gasteiger partial charge < -0.3 is 4.90 Å². The molecule has 0 saturated carbocycles. The first-order chi connectivity index (χ1) is 7.92. The maximum Gasteiger partial charge on any atom is 0.229 e. The Hall–Kier alpha value is -0.800. The second-order valence-electron chi connectivity index (χ2n) is 4.60. The number of hydrogen-bond donors (Lipinski definition) is 0. The molecule has 1 atom stereocenters. The fraction of sp³-hybridized carbons (Fsp3) is 0.462. The van der Waals surface area contributed by atoms with Crippen LogP contribution in [0.1, 0.15) is 20.8 Å². The summed E-state index contributed by atoms with van der Waals surface area (Å²) < 4.78 is 13.3. The van der Waals surface area contributed by atoms with Crippen LogP contribution in [0.5, 0.6) is 0 Å². The highest BCUT2D eigenvalue weighted by atomic mass is 35.5. The first-order valence-electron chi connectivity index (χ1n) is 5.32. The van der Waals surface area contributed by atoms with E-state index < -0.39 is 11.2 Å². The van der Waals surface area contributed by atoms with E-state index in [9.17, 15) is 9.18 Å². The third-order valence-corrected chi connectivity index (χ3v) is 3.98. The average molecular weight is 292 g/mol. The molecule has 0 radical (unpaired) electrons. The number of benzene rings is 1. The third kappa shape index (κ3) is 2.78. The van der Waals surface area contributed by atoms with Crippen molar-refractivity contribution < 1.29 is 9.18 Å². The van der Waals surface area contributed by atoms with Crippen molar-refractivity contribution in [2.75, 3.05) is 18.0 Å². The van der Waals surface area contributed by atoms with Crippen LogP contribution in [0.4, 0.5) is 10.1 Å². The van der Waals surface area contributed by atoms with Crippen molar-refractivity contribution in [1.29, 1.82) is 0 Å². The summed E-state index contributed by atoms with van der Waals surface area (Å²) in [5.41, 5.74) is 0.186. The predicted octanol–water partition coefficient (Wildman–Crippen LogP) is 4.10. The van der Waals surface area contributed by atoms with Crippen molar-refractivity contribution in [3.05, 3.63) is 29.0 Å². The Bertz CT molecular complexity index is 466. The maximum absolute atomic E-state index is 13.3. The predicted molar refractivity (Wildman–Crippen MR) is 73.9 cm³/mol. The second kappa shape index (κ2) is 5.45. The summed E-state index contributed by atoms with van der Waals surface area (Å²) in [6.07, 6.45) is 0.680. The third-order valence-electron chi connectivity index (χ3n) is 3.22. The Morgan fingerprint density at radius 1 is 1.50 bits per heavy atom. The number of carbonyl (C=O) groups excluding carboxylic acids is 1. The Morgan fingerprint density at radius 3 is 2.67 bits per heavy atom. The van der Waals surface area contributed by atoms with Gasteiger partial charge >= 0.3 is 0 Å². The van der Waals surface area contributed by atoms with Gasteiger partial charge in [0.25, 0.3) is 0 Å². The van der Waals surface area contributed by atoms with Gasteiger partial charge in [-0.25, -0.2) is 4.39 Å².